The molecule has 5 nitrogen and oxygen atoms in total. The van der Waals surface area contributed by atoms with Gasteiger partial charge in [-0.3, -0.25) is 0 Å². The number of carbonyl (C=O) groups is 2. The van der Waals surface area contributed by atoms with Crippen molar-refractivity contribution in [3.05, 3.63) is 12.7 Å². The average molecular weight is 255 g/mol. The Kier molecular flexibility index (Phi) is 5.68. The quantitative estimate of drug-likeness (QED) is 0.738. The van der Waals surface area contributed by atoms with Gasteiger partial charge in [0.05, 0.1) is 0 Å². The van der Waals surface area contributed by atoms with Gasteiger partial charge in [0.25, 0.3) is 0 Å². The number of rotatable bonds is 5. The zero-order chi connectivity index (χ0) is 13.5. The van der Waals surface area contributed by atoms with E-state index in [0.29, 0.717) is 5.92 Å². The minimum atomic E-state index is -0.995. The van der Waals surface area contributed by atoms with Crippen molar-refractivity contribution in [2.75, 3.05) is 6.61 Å². The van der Waals surface area contributed by atoms with Gasteiger partial charge in [0.2, 0.25) is 0 Å². The summed E-state index contributed by atoms with van der Waals surface area (Å²) in [5, 5.41) is 11.6. The molecule has 0 aliphatic heterocycles. The first-order chi connectivity index (χ1) is 8.54. The minimum Gasteiger partial charge on any atom is -0.480 e. The molecule has 0 aromatic carbocycles. The predicted molar refractivity (Wildman–Crippen MR) is 67.2 cm³/mol. The SMILES string of the molecule is C=CCOC(=O)NC(C(=O)O)C1CCC(C)CC1. The maximum Gasteiger partial charge on any atom is 0.408 e. The van der Waals surface area contributed by atoms with Crippen molar-refractivity contribution in [1.29, 1.82) is 0 Å². The molecule has 0 aromatic heterocycles. The Labute approximate surface area is 107 Å². The lowest BCUT2D eigenvalue weighted by molar-refractivity contribution is -0.141. The second-order valence-electron chi connectivity index (χ2n) is 4.87. The molecule has 1 rings (SSSR count). The zero-order valence-electron chi connectivity index (χ0n) is 10.7. The molecule has 1 fully saturated rings. The summed E-state index contributed by atoms with van der Waals surface area (Å²) >= 11 is 0. The fraction of sp³-hybridized carbons (Fsp3) is 0.692. The molecular formula is C13H21NO4. The minimum absolute atomic E-state index is 0.00465. The van der Waals surface area contributed by atoms with E-state index in [0.717, 1.165) is 25.7 Å². The van der Waals surface area contributed by atoms with E-state index < -0.39 is 18.1 Å². The summed E-state index contributed by atoms with van der Waals surface area (Å²) in [5.41, 5.74) is 0. The Bertz CT molecular complexity index is 308. The van der Waals surface area contributed by atoms with E-state index in [4.69, 9.17) is 4.74 Å². The highest BCUT2D eigenvalue weighted by Crippen LogP contribution is 2.30. The molecule has 0 heterocycles. The van der Waals surface area contributed by atoms with Gasteiger partial charge in [0.15, 0.2) is 0 Å². The number of alkyl carbamates (subject to hydrolysis) is 1. The molecule has 0 saturated heterocycles. The van der Waals surface area contributed by atoms with Crippen LogP contribution < -0.4 is 5.32 Å². The summed E-state index contributed by atoms with van der Waals surface area (Å²) in [4.78, 5) is 22.6. The van der Waals surface area contributed by atoms with Crippen molar-refractivity contribution in [3.63, 3.8) is 0 Å². The van der Waals surface area contributed by atoms with Gasteiger partial charge >= 0.3 is 12.1 Å². The molecule has 1 unspecified atom stereocenters. The van der Waals surface area contributed by atoms with E-state index in [1.807, 2.05) is 0 Å². The van der Waals surface area contributed by atoms with Crippen molar-refractivity contribution >= 4 is 12.1 Å². The molecule has 1 atom stereocenters. The number of carbonyl (C=O) groups excluding carboxylic acids is 1. The van der Waals surface area contributed by atoms with Crippen LogP contribution in [-0.4, -0.2) is 29.8 Å². The zero-order valence-corrected chi connectivity index (χ0v) is 10.7. The molecule has 1 saturated carbocycles. The summed E-state index contributed by atoms with van der Waals surface area (Å²) in [6.45, 7) is 5.67. The summed E-state index contributed by atoms with van der Waals surface area (Å²) in [5.74, 6) is -0.358. The lowest BCUT2D eigenvalue weighted by Crippen LogP contribution is -2.47. The lowest BCUT2D eigenvalue weighted by atomic mass is 9.79. The summed E-state index contributed by atoms with van der Waals surface area (Å²) < 4.78 is 4.75. The normalized spacial score (nSPS) is 24.9. The number of ether oxygens (including phenoxy) is 1. The second kappa shape index (κ2) is 7.03. The molecular weight excluding hydrogens is 234 g/mol. The molecule has 0 radical (unpaired) electrons. The number of carboxylic acids is 1. The van der Waals surface area contributed by atoms with Gasteiger partial charge in [-0.2, -0.15) is 0 Å². The first-order valence-electron chi connectivity index (χ1n) is 6.31. The molecule has 1 aliphatic rings. The Morgan fingerprint density at radius 2 is 2.06 bits per heavy atom. The summed E-state index contributed by atoms with van der Waals surface area (Å²) in [6, 6.07) is -0.852. The van der Waals surface area contributed by atoms with Crippen LogP contribution >= 0.6 is 0 Å². The predicted octanol–water partition coefficient (Wildman–Crippen LogP) is 2.18. The van der Waals surface area contributed by atoms with Gasteiger partial charge in [0, 0.05) is 0 Å². The van der Waals surface area contributed by atoms with E-state index in [2.05, 4.69) is 18.8 Å². The maximum absolute atomic E-state index is 11.4. The molecule has 0 spiro atoms. The largest absolute Gasteiger partial charge is 0.480 e. The number of aliphatic carboxylic acids is 1. The third-order valence-electron chi connectivity index (χ3n) is 3.40. The molecule has 18 heavy (non-hydrogen) atoms. The second-order valence-corrected chi connectivity index (χ2v) is 4.87. The molecule has 2 N–H and O–H groups in total. The fourth-order valence-electron chi connectivity index (χ4n) is 2.30. The number of carboxylic acid groups (broad SMARTS) is 1. The lowest BCUT2D eigenvalue weighted by Gasteiger charge is -2.30. The van der Waals surface area contributed by atoms with Crippen LogP contribution in [0.3, 0.4) is 0 Å². The maximum atomic E-state index is 11.4. The molecule has 1 aliphatic carbocycles. The van der Waals surface area contributed by atoms with Crippen LogP contribution in [0.15, 0.2) is 12.7 Å². The van der Waals surface area contributed by atoms with Crippen molar-refractivity contribution in [2.24, 2.45) is 11.8 Å². The molecule has 1 amide bonds. The first kappa shape index (κ1) is 14.5. The van der Waals surface area contributed by atoms with Gasteiger partial charge in [-0.25, -0.2) is 9.59 Å². The topological polar surface area (TPSA) is 75.6 Å². The third kappa shape index (κ3) is 4.39. The molecule has 102 valence electrons. The van der Waals surface area contributed by atoms with Gasteiger partial charge in [-0.1, -0.05) is 32.4 Å². The first-order valence-corrected chi connectivity index (χ1v) is 6.31. The van der Waals surface area contributed by atoms with E-state index in [9.17, 15) is 14.7 Å². The Hall–Kier alpha value is -1.52. The fourth-order valence-corrected chi connectivity index (χ4v) is 2.30. The highest BCUT2D eigenvalue weighted by molar-refractivity contribution is 5.80. The number of nitrogens with one attached hydrogen (secondary N) is 1. The standard InChI is InChI=1S/C13H21NO4/c1-3-8-18-13(17)14-11(12(15)16)10-6-4-9(2)5-7-10/h3,9-11H,1,4-8H2,2H3,(H,14,17)(H,15,16). The van der Waals surface area contributed by atoms with Gasteiger partial charge in [0.1, 0.15) is 12.6 Å². The Morgan fingerprint density at radius 3 is 2.56 bits per heavy atom. The van der Waals surface area contributed by atoms with E-state index in [1.165, 1.54) is 6.08 Å². The molecule has 0 aromatic rings. The number of amides is 1. The molecule has 0 bridgehead atoms. The van der Waals surface area contributed by atoms with Crippen LogP contribution in [0.4, 0.5) is 4.79 Å². The third-order valence-corrected chi connectivity index (χ3v) is 3.40. The van der Waals surface area contributed by atoms with E-state index in [1.54, 1.807) is 0 Å². The Balaban J connectivity index is 2.51. The van der Waals surface area contributed by atoms with Crippen LogP contribution in [0.1, 0.15) is 32.6 Å². The summed E-state index contributed by atoms with van der Waals surface area (Å²) in [6.07, 6.45) is 4.44. The van der Waals surface area contributed by atoms with E-state index >= 15 is 0 Å². The van der Waals surface area contributed by atoms with Gasteiger partial charge in [-0.05, 0) is 24.7 Å². The van der Waals surface area contributed by atoms with Crippen molar-refractivity contribution in [3.8, 4) is 0 Å². The van der Waals surface area contributed by atoms with Crippen LogP contribution in [0, 0.1) is 11.8 Å². The van der Waals surface area contributed by atoms with Crippen LogP contribution in [-0.2, 0) is 9.53 Å². The van der Waals surface area contributed by atoms with Crippen molar-refractivity contribution in [1.82, 2.24) is 5.32 Å². The van der Waals surface area contributed by atoms with Gasteiger partial charge in [-0.15, -0.1) is 0 Å². The van der Waals surface area contributed by atoms with E-state index in [-0.39, 0.29) is 12.5 Å². The number of hydrogen-bond donors (Lipinski definition) is 2. The smallest absolute Gasteiger partial charge is 0.408 e. The highest BCUT2D eigenvalue weighted by atomic mass is 16.5. The number of hydrogen-bond acceptors (Lipinski definition) is 3. The van der Waals surface area contributed by atoms with Crippen LogP contribution in [0.2, 0.25) is 0 Å². The van der Waals surface area contributed by atoms with Gasteiger partial charge < -0.3 is 15.2 Å². The summed E-state index contributed by atoms with van der Waals surface area (Å²) in [7, 11) is 0. The average Bonchev–Trinajstić information content (AvgIpc) is 2.34. The highest BCUT2D eigenvalue weighted by Gasteiger charge is 2.32. The molecule has 5 heteroatoms. The monoisotopic (exact) mass is 255 g/mol. The van der Waals surface area contributed by atoms with Crippen molar-refractivity contribution in [2.45, 2.75) is 38.6 Å². The van der Waals surface area contributed by atoms with Crippen molar-refractivity contribution < 1.29 is 19.4 Å². The Morgan fingerprint density at radius 1 is 1.44 bits per heavy atom. The van der Waals surface area contributed by atoms with Crippen LogP contribution in [0.25, 0.3) is 0 Å². The van der Waals surface area contributed by atoms with Crippen LogP contribution in [0.5, 0.6) is 0 Å².